The smallest absolute Gasteiger partial charge is 0.255 e. The maximum absolute atomic E-state index is 14.0. The summed E-state index contributed by atoms with van der Waals surface area (Å²) in [6.45, 7) is 0. The minimum atomic E-state index is -0.689. The second-order valence-electron chi connectivity index (χ2n) is 7.67. The van der Waals surface area contributed by atoms with Gasteiger partial charge in [-0.15, -0.1) is 0 Å². The molecule has 0 aliphatic heterocycles. The van der Waals surface area contributed by atoms with Gasteiger partial charge >= 0.3 is 0 Å². The molecule has 2 amide bonds. The van der Waals surface area contributed by atoms with E-state index in [4.69, 9.17) is 11.6 Å². The van der Waals surface area contributed by atoms with Crippen molar-refractivity contribution >= 4 is 23.4 Å². The van der Waals surface area contributed by atoms with E-state index in [1.54, 1.807) is 42.6 Å². The van der Waals surface area contributed by atoms with Gasteiger partial charge in [-0.25, -0.2) is 4.39 Å². The van der Waals surface area contributed by atoms with Crippen LogP contribution in [0.5, 0.6) is 0 Å². The van der Waals surface area contributed by atoms with Gasteiger partial charge < -0.3 is 10.6 Å². The van der Waals surface area contributed by atoms with E-state index in [1.165, 1.54) is 22.8 Å². The molecule has 2 aromatic carbocycles. The molecule has 6 nitrogen and oxygen atoms in total. The van der Waals surface area contributed by atoms with Crippen LogP contribution in [-0.4, -0.2) is 28.5 Å². The summed E-state index contributed by atoms with van der Waals surface area (Å²) in [5.74, 6) is -1.50. The summed E-state index contributed by atoms with van der Waals surface area (Å²) in [7, 11) is 0. The van der Waals surface area contributed by atoms with E-state index in [-0.39, 0.29) is 34.1 Å². The van der Waals surface area contributed by atoms with E-state index in [2.05, 4.69) is 10.6 Å². The minimum Gasteiger partial charge on any atom is -0.347 e. The average molecular weight is 454 g/mol. The Bertz CT molecular complexity index is 1210. The Morgan fingerprint density at radius 3 is 2.28 bits per heavy atom. The van der Waals surface area contributed by atoms with Crippen LogP contribution in [-0.2, 0) is 0 Å². The van der Waals surface area contributed by atoms with E-state index >= 15 is 0 Å². The first-order valence-electron chi connectivity index (χ1n) is 10.3. The first kappa shape index (κ1) is 21.8. The lowest BCUT2D eigenvalue weighted by Crippen LogP contribution is -2.48. The van der Waals surface area contributed by atoms with E-state index < -0.39 is 11.7 Å². The molecule has 1 aliphatic rings. The van der Waals surface area contributed by atoms with Gasteiger partial charge in [0.15, 0.2) is 0 Å². The number of hydrogen-bond donors (Lipinski definition) is 2. The average Bonchev–Trinajstić information content (AvgIpc) is 3.20. The number of benzene rings is 2. The topological polar surface area (TPSA) is 80.2 Å². The number of nitrogens with one attached hydrogen (secondary N) is 2. The predicted molar refractivity (Wildman–Crippen MR) is 120 cm³/mol. The van der Waals surface area contributed by atoms with Crippen LogP contribution in [0.15, 0.2) is 71.7 Å². The van der Waals surface area contributed by atoms with Gasteiger partial charge in [0.1, 0.15) is 5.82 Å². The van der Waals surface area contributed by atoms with Crippen LogP contribution in [0.3, 0.4) is 0 Å². The molecule has 3 aromatic rings. The van der Waals surface area contributed by atoms with Gasteiger partial charge in [-0.05, 0) is 67.8 Å². The Hall–Kier alpha value is -3.45. The molecule has 0 spiro atoms. The van der Waals surface area contributed by atoms with Crippen molar-refractivity contribution in [2.24, 2.45) is 0 Å². The number of nitrogens with zero attached hydrogens (tertiary/aromatic N) is 1. The molecule has 0 bridgehead atoms. The third kappa shape index (κ3) is 4.73. The molecule has 1 aliphatic carbocycles. The summed E-state index contributed by atoms with van der Waals surface area (Å²) in [4.78, 5) is 37.2. The van der Waals surface area contributed by atoms with E-state index in [1.807, 2.05) is 0 Å². The van der Waals surface area contributed by atoms with Crippen LogP contribution < -0.4 is 16.2 Å². The molecule has 0 saturated heterocycles. The summed E-state index contributed by atoms with van der Waals surface area (Å²) in [5, 5.41) is 6.00. The first-order valence-corrected chi connectivity index (χ1v) is 10.6. The zero-order valence-corrected chi connectivity index (χ0v) is 17.8. The molecule has 8 heteroatoms. The van der Waals surface area contributed by atoms with Crippen LogP contribution in [0, 0.1) is 5.82 Å². The summed E-state index contributed by atoms with van der Waals surface area (Å²) in [6.07, 6.45) is 3.88. The molecule has 1 saturated carbocycles. The molecule has 1 heterocycles. The molecule has 1 aromatic heterocycles. The minimum absolute atomic E-state index is 0.0851. The lowest BCUT2D eigenvalue weighted by molar-refractivity contribution is 0.0889. The Balaban J connectivity index is 1.41. The molecule has 0 unspecified atom stereocenters. The van der Waals surface area contributed by atoms with Gasteiger partial charge in [-0.1, -0.05) is 17.7 Å². The van der Waals surface area contributed by atoms with E-state index in [0.717, 1.165) is 12.5 Å². The monoisotopic (exact) mass is 453 g/mol. The van der Waals surface area contributed by atoms with Crippen molar-refractivity contribution in [1.82, 2.24) is 15.2 Å². The summed E-state index contributed by atoms with van der Waals surface area (Å²) >= 11 is 5.75. The SMILES string of the molecule is O=C(N[C@H]1CCC[C@H]1NC(=O)c1ccc(Cl)cc1F)c1ccc(-n2ccccc2=O)cc1. The van der Waals surface area contributed by atoms with Crippen molar-refractivity contribution in [2.75, 3.05) is 0 Å². The van der Waals surface area contributed by atoms with E-state index in [9.17, 15) is 18.8 Å². The van der Waals surface area contributed by atoms with Crippen LogP contribution in [0.2, 0.25) is 5.02 Å². The molecule has 4 rings (SSSR count). The van der Waals surface area contributed by atoms with Crippen LogP contribution in [0.1, 0.15) is 40.0 Å². The predicted octanol–water partition coefficient (Wildman–Crippen LogP) is 3.71. The first-order chi connectivity index (χ1) is 15.4. The summed E-state index contributed by atoms with van der Waals surface area (Å²) in [5.41, 5.74) is 0.853. The lowest BCUT2D eigenvalue weighted by Gasteiger charge is -2.22. The third-order valence-electron chi connectivity index (χ3n) is 5.55. The Morgan fingerprint density at radius 2 is 1.62 bits per heavy atom. The number of aromatic nitrogens is 1. The molecule has 32 heavy (non-hydrogen) atoms. The second kappa shape index (κ2) is 9.36. The van der Waals surface area contributed by atoms with Gasteiger partial charge in [-0.2, -0.15) is 0 Å². The highest BCUT2D eigenvalue weighted by Crippen LogP contribution is 2.21. The van der Waals surface area contributed by atoms with Gasteiger partial charge in [0.2, 0.25) is 0 Å². The van der Waals surface area contributed by atoms with Crippen molar-refractivity contribution < 1.29 is 14.0 Å². The fourth-order valence-electron chi connectivity index (χ4n) is 3.89. The fourth-order valence-corrected chi connectivity index (χ4v) is 4.05. The standard InChI is InChI=1S/C24H21ClFN3O3/c25-16-9-12-18(19(26)14-16)24(32)28-21-5-3-4-20(21)27-23(31)15-7-10-17(11-8-15)29-13-2-1-6-22(29)30/h1-2,6-14,20-21H,3-5H2,(H,27,31)(H,28,32)/t20-,21+/m0/s1. The fraction of sp³-hybridized carbons (Fsp3) is 0.208. The van der Waals surface area contributed by atoms with Crippen molar-refractivity contribution in [3.63, 3.8) is 0 Å². The highest BCUT2D eigenvalue weighted by atomic mass is 35.5. The molecule has 0 radical (unpaired) electrons. The zero-order valence-electron chi connectivity index (χ0n) is 17.1. The Morgan fingerprint density at radius 1 is 0.938 bits per heavy atom. The van der Waals surface area contributed by atoms with Crippen molar-refractivity contribution in [3.05, 3.63) is 99.2 Å². The molecule has 2 atom stereocenters. The van der Waals surface area contributed by atoms with Crippen molar-refractivity contribution in [2.45, 2.75) is 31.3 Å². The molecule has 1 fully saturated rings. The molecule has 2 N–H and O–H groups in total. The number of pyridine rings is 1. The number of amides is 2. The normalized spacial score (nSPS) is 17.7. The third-order valence-corrected chi connectivity index (χ3v) is 5.79. The van der Waals surface area contributed by atoms with Crippen LogP contribution in [0.25, 0.3) is 5.69 Å². The molecular weight excluding hydrogens is 433 g/mol. The number of carbonyl (C=O) groups excluding carboxylic acids is 2. The Kier molecular flexibility index (Phi) is 6.37. The van der Waals surface area contributed by atoms with Gasteiger partial charge in [-0.3, -0.25) is 19.0 Å². The summed E-state index contributed by atoms with van der Waals surface area (Å²) < 4.78 is 15.5. The van der Waals surface area contributed by atoms with E-state index in [0.29, 0.717) is 24.1 Å². The summed E-state index contributed by atoms with van der Waals surface area (Å²) in [6, 6.07) is 14.9. The van der Waals surface area contributed by atoms with Crippen LogP contribution in [0.4, 0.5) is 4.39 Å². The van der Waals surface area contributed by atoms with Gasteiger partial charge in [0, 0.05) is 40.6 Å². The lowest BCUT2D eigenvalue weighted by atomic mass is 10.1. The number of halogens is 2. The maximum atomic E-state index is 14.0. The Labute approximate surface area is 189 Å². The van der Waals surface area contributed by atoms with Crippen LogP contribution >= 0.6 is 11.6 Å². The number of rotatable bonds is 5. The van der Waals surface area contributed by atoms with Crippen molar-refractivity contribution in [1.29, 1.82) is 0 Å². The van der Waals surface area contributed by atoms with Gasteiger partial charge in [0.05, 0.1) is 5.56 Å². The molecule has 164 valence electrons. The molecular formula is C24H21ClFN3O3. The second-order valence-corrected chi connectivity index (χ2v) is 8.11. The largest absolute Gasteiger partial charge is 0.347 e. The highest BCUT2D eigenvalue weighted by molar-refractivity contribution is 6.30. The number of hydrogen-bond acceptors (Lipinski definition) is 3. The van der Waals surface area contributed by atoms with Gasteiger partial charge in [0.25, 0.3) is 17.4 Å². The number of carbonyl (C=O) groups is 2. The highest BCUT2D eigenvalue weighted by Gasteiger charge is 2.30. The maximum Gasteiger partial charge on any atom is 0.255 e. The quantitative estimate of drug-likeness (QED) is 0.618. The zero-order chi connectivity index (χ0) is 22.7. The van der Waals surface area contributed by atoms with Crippen molar-refractivity contribution in [3.8, 4) is 5.69 Å².